The number of nitrogens with zero attached hydrogens (tertiary/aromatic N) is 2. The number of aromatic nitrogens is 3. The molecule has 0 fully saturated rings. The number of rotatable bonds is 6. The summed E-state index contributed by atoms with van der Waals surface area (Å²) in [6.07, 6.45) is 0.458. The Morgan fingerprint density at radius 3 is 2.65 bits per heavy atom. The lowest BCUT2D eigenvalue weighted by Gasteiger charge is -2.01. The highest BCUT2D eigenvalue weighted by Crippen LogP contribution is 2.17. The minimum Gasteiger partial charge on any atom is -0.263 e. The van der Waals surface area contributed by atoms with Gasteiger partial charge in [0.05, 0.1) is 5.75 Å². The van der Waals surface area contributed by atoms with Crippen LogP contribution in [0.15, 0.2) is 24.3 Å². The van der Waals surface area contributed by atoms with Crippen LogP contribution in [0.2, 0.25) is 5.02 Å². The molecule has 2 N–H and O–H groups in total. The number of halogens is 1. The second-order valence-electron chi connectivity index (χ2n) is 4.16. The monoisotopic (exact) mass is 314 g/mol. The average Bonchev–Trinajstić information content (AvgIpc) is 2.88. The highest BCUT2D eigenvalue weighted by Gasteiger charge is 2.08. The topological polar surface area (TPSA) is 87.7 Å². The predicted octanol–water partition coefficient (Wildman–Crippen LogP) is 1.61. The van der Waals surface area contributed by atoms with Gasteiger partial charge in [-0.05, 0) is 31.2 Å². The maximum absolute atomic E-state index is 11.3. The largest absolute Gasteiger partial charge is 0.263 e. The molecular formula is C12H15ClN4O2S. The molecule has 0 aliphatic carbocycles. The first-order chi connectivity index (χ1) is 9.50. The first-order valence-electron chi connectivity index (χ1n) is 6.15. The van der Waals surface area contributed by atoms with Gasteiger partial charge in [0.2, 0.25) is 10.0 Å². The molecule has 0 radical (unpaired) electrons. The van der Waals surface area contributed by atoms with E-state index in [9.17, 15) is 8.42 Å². The van der Waals surface area contributed by atoms with Gasteiger partial charge in [0.1, 0.15) is 5.82 Å². The Morgan fingerprint density at radius 1 is 1.30 bits per heavy atom. The molecule has 0 spiro atoms. The van der Waals surface area contributed by atoms with Gasteiger partial charge in [-0.15, -0.1) is 0 Å². The molecule has 0 atom stereocenters. The number of aromatic amines is 1. The van der Waals surface area contributed by atoms with Gasteiger partial charge in [-0.1, -0.05) is 11.6 Å². The second-order valence-corrected chi connectivity index (χ2v) is 6.69. The lowest BCUT2D eigenvalue weighted by atomic mass is 10.2. The van der Waals surface area contributed by atoms with Gasteiger partial charge >= 0.3 is 0 Å². The van der Waals surface area contributed by atoms with Gasteiger partial charge in [0.25, 0.3) is 0 Å². The number of nitrogens with one attached hydrogen (secondary N) is 2. The smallest absolute Gasteiger partial charge is 0.211 e. The molecule has 1 heterocycles. The maximum atomic E-state index is 11.3. The van der Waals surface area contributed by atoms with Gasteiger partial charge in [0, 0.05) is 23.6 Å². The number of hydrogen-bond acceptors (Lipinski definition) is 4. The van der Waals surface area contributed by atoms with Crippen LogP contribution in [0.4, 0.5) is 0 Å². The molecule has 1 aromatic heterocycles. The van der Waals surface area contributed by atoms with Crippen LogP contribution < -0.4 is 4.72 Å². The summed E-state index contributed by atoms with van der Waals surface area (Å²) < 4.78 is 25.0. The third-order valence-corrected chi connectivity index (χ3v) is 4.35. The standard InChI is InChI=1S/C12H15ClN4O2S/c1-2-20(18,19)14-8-7-11-15-12(17-16-11)9-3-5-10(13)6-4-9/h3-6,14H,2,7-8H2,1H3,(H,15,16,17). The van der Waals surface area contributed by atoms with Crippen molar-refractivity contribution in [1.82, 2.24) is 19.9 Å². The van der Waals surface area contributed by atoms with Gasteiger partial charge < -0.3 is 0 Å². The van der Waals surface area contributed by atoms with E-state index >= 15 is 0 Å². The summed E-state index contributed by atoms with van der Waals surface area (Å²) in [5, 5.41) is 7.54. The van der Waals surface area contributed by atoms with Crippen LogP contribution >= 0.6 is 11.6 Å². The van der Waals surface area contributed by atoms with Gasteiger partial charge in [0.15, 0.2) is 5.82 Å². The molecule has 1 aromatic carbocycles. The second kappa shape index (κ2) is 6.34. The minimum absolute atomic E-state index is 0.0689. The van der Waals surface area contributed by atoms with Crippen LogP contribution in [0.5, 0.6) is 0 Å². The fraction of sp³-hybridized carbons (Fsp3) is 0.333. The normalized spacial score (nSPS) is 11.7. The molecule has 0 saturated carbocycles. The Kier molecular flexibility index (Phi) is 4.74. The lowest BCUT2D eigenvalue weighted by molar-refractivity contribution is 0.582. The molecule has 0 saturated heterocycles. The molecule has 108 valence electrons. The molecule has 0 unspecified atom stereocenters. The van der Waals surface area contributed by atoms with E-state index in [1.807, 2.05) is 12.1 Å². The predicted molar refractivity (Wildman–Crippen MR) is 78.0 cm³/mol. The van der Waals surface area contributed by atoms with E-state index in [4.69, 9.17) is 11.6 Å². The van der Waals surface area contributed by atoms with Crippen LogP contribution in [0.25, 0.3) is 11.4 Å². The van der Waals surface area contributed by atoms with E-state index < -0.39 is 10.0 Å². The summed E-state index contributed by atoms with van der Waals surface area (Å²) in [6.45, 7) is 1.89. The summed E-state index contributed by atoms with van der Waals surface area (Å²) >= 11 is 5.82. The molecule has 6 nitrogen and oxygen atoms in total. The van der Waals surface area contributed by atoms with Crippen molar-refractivity contribution in [1.29, 1.82) is 0 Å². The SMILES string of the molecule is CCS(=O)(=O)NCCc1nc(-c2ccc(Cl)cc2)n[nH]1. The number of benzene rings is 1. The van der Waals surface area contributed by atoms with Crippen molar-refractivity contribution in [2.75, 3.05) is 12.3 Å². The number of H-pyrrole nitrogens is 1. The summed E-state index contributed by atoms with van der Waals surface area (Å²) in [5.74, 6) is 1.27. The Balaban J connectivity index is 1.97. The van der Waals surface area contributed by atoms with E-state index in [2.05, 4.69) is 19.9 Å². The van der Waals surface area contributed by atoms with Crippen molar-refractivity contribution in [3.63, 3.8) is 0 Å². The van der Waals surface area contributed by atoms with Crippen LogP contribution in [0.1, 0.15) is 12.7 Å². The van der Waals surface area contributed by atoms with Crippen LogP contribution in [0, 0.1) is 0 Å². The van der Waals surface area contributed by atoms with Crippen LogP contribution in [0.3, 0.4) is 0 Å². The molecule has 20 heavy (non-hydrogen) atoms. The van der Waals surface area contributed by atoms with Crippen molar-refractivity contribution in [2.45, 2.75) is 13.3 Å². The van der Waals surface area contributed by atoms with E-state index in [1.54, 1.807) is 19.1 Å². The molecule has 2 aromatic rings. The Bertz CT molecular complexity index is 667. The fourth-order valence-corrected chi connectivity index (χ4v) is 2.31. The average molecular weight is 315 g/mol. The highest BCUT2D eigenvalue weighted by atomic mass is 35.5. The quantitative estimate of drug-likeness (QED) is 0.848. The number of sulfonamides is 1. The Morgan fingerprint density at radius 2 is 2.00 bits per heavy atom. The highest BCUT2D eigenvalue weighted by molar-refractivity contribution is 7.89. The summed E-state index contributed by atoms with van der Waals surface area (Å²) in [4.78, 5) is 4.31. The third-order valence-electron chi connectivity index (χ3n) is 2.70. The molecule has 0 aliphatic rings. The maximum Gasteiger partial charge on any atom is 0.211 e. The molecule has 2 rings (SSSR count). The summed E-state index contributed by atoms with van der Waals surface area (Å²) in [6, 6.07) is 7.19. The van der Waals surface area contributed by atoms with Crippen molar-refractivity contribution in [2.24, 2.45) is 0 Å². The zero-order chi connectivity index (χ0) is 14.6. The van der Waals surface area contributed by atoms with Gasteiger partial charge in [-0.25, -0.2) is 18.1 Å². The van der Waals surface area contributed by atoms with Crippen LogP contribution in [-0.4, -0.2) is 35.9 Å². The first-order valence-corrected chi connectivity index (χ1v) is 8.18. The zero-order valence-electron chi connectivity index (χ0n) is 10.9. The van der Waals surface area contributed by atoms with E-state index in [1.165, 1.54) is 0 Å². The van der Waals surface area contributed by atoms with E-state index in [0.717, 1.165) is 5.56 Å². The summed E-state index contributed by atoms with van der Waals surface area (Å²) in [7, 11) is -3.17. The molecule has 0 bridgehead atoms. The van der Waals surface area contributed by atoms with Crippen LogP contribution in [-0.2, 0) is 16.4 Å². The fourth-order valence-electron chi connectivity index (χ4n) is 1.56. The van der Waals surface area contributed by atoms with Crippen molar-refractivity contribution in [3.8, 4) is 11.4 Å². The Labute approximate surface area is 122 Å². The van der Waals surface area contributed by atoms with Crippen molar-refractivity contribution < 1.29 is 8.42 Å². The van der Waals surface area contributed by atoms with Crippen molar-refractivity contribution >= 4 is 21.6 Å². The molecule has 0 amide bonds. The van der Waals surface area contributed by atoms with Gasteiger partial charge in [-0.2, -0.15) is 5.10 Å². The molecular weight excluding hydrogens is 300 g/mol. The Hall–Kier alpha value is -1.44. The van der Waals surface area contributed by atoms with E-state index in [-0.39, 0.29) is 5.75 Å². The molecule has 8 heteroatoms. The van der Waals surface area contributed by atoms with Gasteiger partial charge in [-0.3, -0.25) is 5.10 Å². The van der Waals surface area contributed by atoms with E-state index in [0.29, 0.717) is 29.6 Å². The summed E-state index contributed by atoms with van der Waals surface area (Å²) in [5.41, 5.74) is 0.853. The zero-order valence-corrected chi connectivity index (χ0v) is 12.5. The van der Waals surface area contributed by atoms with Crippen molar-refractivity contribution in [3.05, 3.63) is 35.1 Å². The molecule has 0 aliphatic heterocycles. The lowest BCUT2D eigenvalue weighted by Crippen LogP contribution is -2.27. The third kappa shape index (κ3) is 4.03. The number of hydrogen-bond donors (Lipinski definition) is 2. The minimum atomic E-state index is -3.17. The first kappa shape index (κ1) is 15.0.